The summed E-state index contributed by atoms with van der Waals surface area (Å²) in [5.41, 5.74) is 0.248. The molecule has 0 aromatic heterocycles. The Bertz CT molecular complexity index is 644. The van der Waals surface area contributed by atoms with Gasteiger partial charge in [0.1, 0.15) is 6.04 Å². The summed E-state index contributed by atoms with van der Waals surface area (Å²) in [7, 11) is 0. The van der Waals surface area contributed by atoms with Crippen LogP contribution in [0.2, 0.25) is 0 Å². The molecule has 1 aromatic rings. The topological polar surface area (TPSA) is 103 Å². The molecule has 1 aliphatic heterocycles. The lowest BCUT2D eigenvalue weighted by Crippen LogP contribution is -2.48. The molecule has 2 unspecified atom stereocenters. The minimum Gasteiger partial charge on any atom is -0.490 e. The van der Waals surface area contributed by atoms with Crippen molar-refractivity contribution in [1.29, 1.82) is 0 Å². The molecule has 8 nitrogen and oxygen atoms in total. The molecule has 2 rings (SSSR count). The van der Waals surface area contributed by atoms with Gasteiger partial charge in [-0.1, -0.05) is 0 Å². The van der Waals surface area contributed by atoms with E-state index in [2.05, 4.69) is 5.32 Å². The SMILES string of the molecule is CCOc1cc(C(=O)NC(C(=O)O)C2CCCOC2)cc(OCC)c1OCC. The second kappa shape index (κ2) is 10.8. The third kappa shape index (κ3) is 5.51. The number of hydrogen-bond donors (Lipinski definition) is 2. The Balaban J connectivity index is 2.30. The summed E-state index contributed by atoms with van der Waals surface area (Å²) >= 11 is 0. The van der Waals surface area contributed by atoms with Gasteiger partial charge in [0.15, 0.2) is 11.5 Å². The minimum absolute atomic E-state index is 0.248. The van der Waals surface area contributed by atoms with Crippen molar-refractivity contribution in [2.75, 3.05) is 33.0 Å². The standard InChI is InChI=1S/C20H29NO7/c1-4-26-15-10-14(11-16(27-5-2)18(15)28-6-3)19(22)21-17(20(23)24)13-8-7-9-25-12-13/h10-11,13,17H,4-9,12H2,1-3H3,(H,21,22)(H,23,24). The number of amides is 1. The van der Waals surface area contributed by atoms with Gasteiger partial charge in [0, 0.05) is 18.1 Å². The highest BCUT2D eigenvalue weighted by molar-refractivity contribution is 5.97. The van der Waals surface area contributed by atoms with Gasteiger partial charge in [0.25, 0.3) is 5.91 Å². The number of benzene rings is 1. The fraction of sp³-hybridized carbons (Fsp3) is 0.600. The maximum Gasteiger partial charge on any atom is 0.326 e. The quantitative estimate of drug-likeness (QED) is 0.627. The van der Waals surface area contributed by atoms with Gasteiger partial charge in [-0.15, -0.1) is 0 Å². The number of carboxylic acids is 1. The normalized spacial score (nSPS) is 17.5. The molecule has 2 atom stereocenters. The van der Waals surface area contributed by atoms with Crippen LogP contribution in [0.4, 0.5) is 0 Å². The Labute approximate surface area is 165 Å². The summed E-state index contributed by atoms with van der Waals surface area (Å²) in [5, 5.41) is 12.2. The van der Waals surface area contributed by atoms with E-state index in [0.29, 0.717) is 56.7 Å². The van der Waals surface area contributed by atoms with E-state index in [0.717, 1.165) is 6.42 Å². The van der Waals surface area contributed by atoms with E-state index in [9.17, 15) is 14.7 Å². The highest BCUT2D eigenvalue weighted by atomic mass is 16.5. The number of hydrogen-bond acceptors (Lipinski definition) is 6. The monoisotopic (exact) mass is 395 g/mol. The number of carboxylic acid groups (broad SMARTS) is 1. The smallest absolute Gasteiger partial charge is 0.326 e. The number of aliphatic carboxylic acids is 1. The van der Waals surface area contributed by atoms with Crippen LogP contribution in [0.15, 0.2) is 12.1 Å². The first-order valence-electron chi connectivity index (χ1n) is 9.69. The van der Waals surface area contributed by atoms with E-state index in [-0.39, 0.29) is 11.5 Å². The van der Waals surface area contributed by atoms with Gasteiger partial charge in [-0.25, -0.2) is 4.79 Å². The first-order valence-corrected chi connectivity index (χ1v) is 9.69. The van der Waals surface area contributed by atoms with Gasteiger partial charge in [-0.3, -0.25) is 4.79 Å². The lowest BCUT2D eigenvalue weighted by atomic mass is 9.93. The summed E-state index contributed by atoms with van der Waals surface area (Å²) < 4.78 is 22.2. The van der Waals surface area contributed by atoms with Crippen molar-refractivity contribution < 1.29 is 33.6 Å². The molecule has 156 valence electrons. The van der Waals surface area contributed by atoms with E-state index < -0.39 is 17.9 Å². The van der Waals surface area contributed by atoms with E-state index in [4.69, 9.17) is 18.9 Å². The van der Waals surface area contributed by atoms with Crippen molar-refractivity contribution in [3.8, 4) is 17.2 Å². The highest BCUT2D eigenvalue weighted by Crippen LogP contribution is 2.39. The predicted octanol–water partition coefficient (Wildman–Crippen LogP) is 2.49. The first-order chi connectivity index (χ1) is 13.5. The molecule has 0 aliphatic carbocycles. The fourth-order valence-corrected chi connectivity index (χ4v) is 3.15. The van der Waals surface area contributed by atoms with Crippen molar-refractivity contribution in [1.82, 2.24) is 5.32 Å². The zero-order valence-electron chi connectivity index (χ0n) is 16.7. The van der Waals surface area contributed by atoms with Gasteiger partial charge >= 0.3 is 5.97 Å². The largest absolute Gasteiger partial charge is 0.490 e. The second-order valence-electron chi connectivity index (χ2n) is 6.37. The predicted molar refractivity (Wildman–Crippen MR) is 102 cm³/mol. The number of nitrogens with one attached hydrogen (secondary N) is 1. The minimum atomic E-state index is -1.08. The van der Waals surface area contributed by atoms with Crippen molar-refractivity contribution in [2.24, 2.45) is 5.92 Å². The average Bonchev–Trinajstić information content (AvgIpc) is 2.69. The summed E-state index contributed by atoms with van der Waals surface area (Å²) in [6.07, 6.45) is 1.46. The zero-order chi connectivity index (χ0) is 20.5. The molecule has 1 amide bonds. The third-order valence-corrected chi connectivity index (χ3v) is 4.39. The zero-order valence-corrected chi connectivity index (χ0v) is 16.7. The van der Waals surface area contributed by atoms with Gasteiger partial charge in [-0.2, -0.15) is 0 Å². The van der Waals surface area contributed by atoms with E-state index in [1.54, 1.807) is 12.1 Å². The molecule has 1 saturated heterocycles. The maximum absolute atomic E-state index is 12.8. The van der Waals surface area contributed by atoms with Crippen molar-refractivity contribution >= 4 is 11.9 Å². The lowest BCUT2D eigenvalue weighted by Gasteiger charge is -2.28. The second-order valence-corrected chi connectivity index (χ2v) is 6.37. The molecule has 1 aliphatic rings. The molecule has 1 heterocycles. The van der Waals surface area contributed by atoms with Crippen LogP contribution in [0.25, 0.3) is 0 Å². The maximum atomic E-state index is 12.8. The van der Waals surface area contributed by atoms with Gasteiger partial charge in [0.2, 0.25) is 5.75 Å². The summed E-state index contributed by atoms with van der Waals surface area (Å²) in [4.78, 5) is 24.5. The van der Waals surface area contributed by atoms with Crippen molar-refractivity contribution in [2.45, 2.75) is 39.7 Å². The first kappa shape index (κ1) is 21.8. The molecule has 0 spiro atoms. The van der Waals surface area contributed by atoms with Crippen LogP contribution in [0, 0.1) is 5.92 Å². The lowest BCUT2D eigenvalue weighted by molar-refractivity contribution is -0.142. The average molecular weight is 395 g/mol. The van der Waals surface area contributed by atoms with Crippen LogP contribution in [0.1, 0.15) is 44.0 Å². The molecule has 0 radical (unpaired) electrons. The van der Waals surface area contributed by atoms with E-state index in [1.807, 2.05) is 20.8 Å². The van der Waals surface area contributed by atoms with Gasteiger partial charge in [-0.05, 0) is 45.7 Å². The van der Waals surface area contributed by atoms with E-state index >= 15 is 0 Å². The van der Waals surface area contributed by atoms with Crippen LogP contribution in [-0.2, 0) is 9.53 Å². The van der Waals surface area contributed by atoms with Crippen LogP contribution in [0.3, 0.4) is 0 Å². The Morgan fingerprint density at radius 2 is 1.75 bits per heavy atom. The van der Waals surface area contributed by atoms with Crippen molar-refractivity contribution in [3.05, 3.63) is 17.7 Å². The molecule has 0 saturated carbocycles. The molecule has 1 aromatic carbocycles. The third-order valence-electron chi connectivity index (χ3n) is 4.39. The fourth-order valence-electron chi connectivity index (χ4n) is 3.15. The molecule has 8 heteroatoms. The number of rotatable bonds is 10. The Morgan fingerprint density at radius 3 is 2.21 bits per heavy atom. The Kier molecular flexibility index (Phi) is 8.38. The molecule has 2 N–H and O–H groups in total. The van der Waals surface area contributed by atoms with Gasteiger partial charge in [0.05, 0.1) is 26.4 Å². The molecule has 1 fully saturated rings. The number of ether oxygens (including phenoxy) is 4. The van der Waals surface area contributed by atoms with Crippen LogP contribution in [0.5, 0.6) is 17.2 Å². The summed E-state index contributed by atoms with van der Waals surface area (Å²) in [6, 6.07) is 2.07. The van der Waals surface area contributed by atoms with Gasteiger partial charge < -0.3 is 29.4 Å². The highest BCUT2D eigenvalue weighted by Gasteiger charge is 2.32. The Morgan fingerprint density at radius 1 is 1.14 bits per heavy atom. The van der Waals surface area contributed by atoms with E-state index in [1.165, 1.54) is 0 Å². The molecule has 28 heavy (non-hydrogen) atoms. The van der Waals surface area contributed by atoms with Crippen LogP contribution in [-0.4, -0.2) is 56.1 Å². The Hall–Kier alpha value is -2.48. The summed E-state index contributed by atoms with van der Waals surface area (Å²) in [5.74, 6) is -0.664. The van der Waals surface area contributed by atoms with Crippen LogP contribution < -0.4 is 19.5 Å². The number of carbonyl (C=O) groups is 2. The summed E-state index contributed by atoms with van der Waals surface area (Å²) in [6.45, 7) is 7.60. The molecule has 0 bridgehead atoms. The van der Waals surface area contributed by atoms with Crippen molar-refractivity contribution in [3.63, 3.8) is 0 Å². The molecular formula is C20H29NO7. The number of carbonyl (C=O) groups excluding carboxylic acids is 1. The van der Waals surface area contributed by atoms with Crippen LogP contribution >= 0.6 is 0 Å². The molecular weight excluding hydrogens is 366 g/mol.